The number of halogens is 2. The molecule has 182 valence electrons. The molecule has 0 aromatic heterocycles. The third kappa shape index (κ3) is 6.25. The van der Waals surface area contributed by atoms with E-state index in [1.54, 1.807) is 36.4 Å². The summed E-state index contributed by atoms with van der Waals surface area (Å²) >= 11 is 12.2. The first-order chi connectivity index (χ1) is 16.8. The summed E-state index contributed by atoms with van der Waals surface area (Å²) in [5.41, 5.74) is 8.81. The lowest BCUT2D eigenvalue weighted by atomic mass is 10.00. The summed E-state index contributed by atoms with van der Waals surface area (Å²) in [5, 5.41) is 14.7. The van der Waals surface area contributed by atoms with E-state index >= 15 is 0 Å². The van der Waals surface area contributed by atoms with Gasteiger partial charge in [-0.25, -0.2) is 4.79 Å². The van der Waals surface area contributed by atoms with Crippen LogP contribution in [0.3, 0.4) is 0 Å². The number of carbonyl (C=O) groups is 1. The Bertz CT molecular complexity index is 1200. The number of nitrogens with one attached hydrogen (secondary N) is 3. The van der Waals surface area contributed by atoms with Crippen LogP contribution in [0.2, 0.25) is 10.0 Å². The highest BCUT2D eigenvalue weighted by molar-refractivity contribution is 6.39. The van der Waals surface area contributed by atoms with Crippen molar-refractivity contribution in [1.82, 2.24) is 4.90 Å². The fourth-order valence-corrected chi connectivity index (χ4v) is 4.39. The molecule has 0 saturated carbocycles. The Kier molecular flexibility index (Phi) is 7.80. The van der Waals surface area contributed by atoms with Gasteiger partial charge in [0.1, 0.15) is 11.9 Å². The number of piperidine rings is 1. The standard InChI is InChI=1S/C26H27Cl2N5O2/c1-33-13-11-19(12-14-33)35-18-8-5-16(6-9-18)24(30)20-15-17(7-10-23(20)29)31-26(34)32-25-21(27)3-2-4-22(25)28/h2-10,15,19,30H,11-14,29H2,1H3,(H2,31,32,34). The maximum atomic E-state index is 12.5. The Morgan fingerprint density at radius 1 is 1.03 bits per heavy atom. The van der Waals surface area contributed by atoms with E-state index in [-0.39, 0.29) is 11.8 Å². The van der Waals surface area contributed by atoms with Crippen molar-refractivity contribution < 1.29 is 9.53 Å². The average Bonchev–Trinajstić information content (AvgIpc) is 2.84. The van der Waals surface area contributed by atoms with E-state index in [4.69, 9.17) is 39.1 Å². The predicted octanol–water partition coefficient (Wildman–Crippen LogP) is 6.11. The largest absolute Gasteiger partial charge is 0.490 e. The minimum Gasteiger partial charge on any atom is -0.490 e. The molecular formula is C26H27Cl2N5O2. The van der Waals surface area contributed by atoms with Crippen LogP contribution < -0.4 is 21.1 Å². The summed E-state index contributed by atoms with van der Waals surface area (Å²) in [6.45, 7) is 2.06. The van der Waals surface area contributed by atoms with E-state index in [9.17, 15) is 4.79 Å². The minimum atomic E-state index is -0.516. The number of anilines is 3. The smallest absolute Gasteiger partial charge is 0.323 e. The molecule has 0 aliphatic carbocycles. The molecular weight excluding hydrogens is 485 g/mol. The lowest BCUT2D eigenvalue weighted by Gasteiger charge is -2.29. The van der Waals surface area contributed by atoms with Crippen LogP contribution in [0.25, 0.3) is 0 Å². The monoisotopic (exact) mass is 511 g/mol. The van der Waals surface area contributed by atoms with Gasteiger partial charge in [-0.15, -0.1) is 0 Å². The van der Waals surface area contributed by atoms with Gasteiger partial charge in [0, 0.05) is 35.6 Å². The molecule has 5 N–H and O–H groups in total. The highest BCUT2D eigenvalue weighted by Gasteiger charge is 2.18. The Balaban J connectivity index is 1.43. The number of amides is 2. The number of urea groups is 1. The Morgan fingerprint density at radius 3 is 2.34 bits per heavy atom. The summed E-state index contributed by atoms with van der Waals surface area (Å²) in [7, 11) is 2.12. The number of benzene rings is 3. The quantitative estimate of drug-likeness (QED) is 0.236. The van der Waals surface area contributed by atoms with Crippen molar-refractivity contribution in [2.75, 3.05) is 36.5 Å². The van der Waals surface area contributed by atoms with Crippen LogP contribution >= 0.6 is 23.2 Å². The minimum absolute atomic E-state index is 0.210. The summed E-state index contributed by atoms with van der Waals surface area (Å²) < 4.78 is 6.10. The SMILES string of the molecule is CN1CCC(Oc2ccc(C(=N)c3cc(NC(=O)Nc4c(Cl)cccc4Cl)ccc3N)cc2)CC1. The molecule has 3 aromatic rings. The lowest BCUT2D eigenvalue weighted by Crippen LogP contribution is -2.35. The number of hydrogen-bond donors (Lipinski definition) is 4. The van der Waals surface area contributed by atoms with E-state index in [1.165, 1.54) is 0 Å². The molecule has 0 unspecified atom stereocenters. The van der Waals surface area contributed by atoms with E-state index in [0.717, 1.165) is 31.7 Å². The van der Waals surface area contributed by atoms with Crippen LogP contribution in [0, 0.1) is 5.41 Å². The number of hydrogen-bond acceptors (Lipinski definition) is 5. The normalized spacial score (nSPS) is 14.4. The molecule has 0 radical (unpaired) electrons. The second kappa shape index (κ2) is 11.0. The first-order valence-electron chi connectivity index (χ1n) is 11.3. The van der Waals surface area contributed by atoms with Crippen molar-refractivity contribution >= 4 is 52.0 Å². The molecule has 3 aromatic carbocycles. The molecule has 1 aliphatic heterocycles. The van der Waals surface area contributed by atoms with Crippen molar-refractivity contribution in [3.05, 3.63) is 81.8 Å². The molecule has 1 saturated heterocycles. The number of nitrogen functional groups attached to an aromatic ring is 1. The number of nitrogens with two attached hydrogens (primary N) is 1. The molecule has 1 aliphatic rings. The molecule has 0 bridgehead atoms. The molecule has 0 spiro atoms. The number of rotatable bonds is 6. The van der Waals surface area contributed by atoms with E-state index in [2.05, 4.69) is 22.6 Å². The Labute approximate surface area is 214 Å². The molecule has 9 heteroatoms. The average molecular weight is 512 g/mol. The number of para-hydroxylation sites is 1. The van der Waals surface area contributed by atoms with Crippen LogP contribution in [-0.4, -0.2) is 42.9 Å². The number of likely N-dealkylation sites (tertiary alicyclic amines) is 1. The fourth-order valence-electron chi connectivity index (χ4n) is 3.89. The zero-order valence-electron chi connectivity index (χ0n) is 19.3. The Morgan fingerprint density at radius 2 is 1.69 bits per heavy atom. The van der Waals surface area contributed by atoms with Gasteiger partial charge < -0.3 is 26.0 Å². The van der Waals surface area contributed by atoms with Gasteiger partial charge in [-0.1, -0.05) is 29.3 Å². The Hall–Kier alpha value is -3.26. The number of ether oxygens (including phenoxy) is 1. The maximum Gasteiger partial charge on any atom is 0.323 e. The highest BCUT2D eigenvalue weighted by atomic mass is 35.5. The third-order valence-corrected chi connectivity index (χ3v) is 6.52. The summed E-state index contributed by atoms with van der Waals surface area (Å²) in [6.07, 6.45) is 2.21. The van der Waals surface area contributed by atoms with Crippen molar-refractivity contribution in [1.29, 1.82) is 5.41 Å². The van der Waals surface area contributed by atoms with E-state index < -0.39 is 6.03 Å². The molecule has 1 heterocycles. The van der Waals surface area contributed by atoms with Gasteiger partial charge in [0.15, 0.2) is 0 Å². The van der Waals surface area contributed by atoms with Gasteiger partial charge in [-0.3, -0.25) is 5.41 Å². The summed E-state index contributed by atoms with van der Waals surface area (Å²) in [6, 6.07) is 16.9. The number of nitrogens with zero attached hydrogens (tertiary/aromatic N) is 1. The van der Waals surface area contributed by atoms with Crippen molar-refractivity contribution in [2.45, 2.75) is 18.9 Å². The van der Waals surface area contributed by atoms with Crippen LogP contribution in [0.1, 0.15) is 24.0 Å². The van der Waals surface area contributed by atoms with Crippen LogP contribution in [0.15, 0.2) is 60.7 Å². The van der Waals surface area contributed by atoms with E-state index in [1.807, 2.05) is 24.3 Å². The van der Waals surface area contributed by atoms with Crippen molar-refractivity contribution in [3.63, 3.8) is 0 Å². The second-order valence-electron chi connectivity index (χ2n) is 8.50. The van der Waals surface area contributed by atoms with Gasteiger partial charge >= 0.3 is 6.03 Å². The van der Waals surface area contributed by atoms with Gasteiger partial charge in [0.05, 0.1) is 21.4 Å². The molecule has 4 rings (SSSR count). The topological polar surface area (TPSA) is 103 Å². The van der Waals surface area contributed by atoms with E-state index in [0.29, 0.717) is 38.2 Å². The fraction of sp³-hybridized carbons (Fsp3) is 0.231. The van der Waals surface area contributed by atoms with Crippen LogP contribution in [0.4, 0.5) is 21.9 Å². The lowest BCUT2D eigenvalue weighted by molar-refractivity contribution is 0.114. The molecule has 7 nitrogen and oxygen atoms in total. The predicted molar refractivity (Wildman–Crippen MR) is 143 cm³/mol. The van der Waals surface area contributed by atoms with Crippen molar-refractivity contribution in [3.8, 4) is 5.75 Å². The van der Waals surface area contributed by atoms with Gasteiger partial charge in [-0.05, 0) is 74.5 Å². The molecule has 0 atom stereocenters. The van der Waals surface area contributed by atoms with Crippen LogP contribution in [0.5, 0.6) is 5.75 Å². The first-order valence-corrected chi connectivity index (χ1v) is 12.0. The second-order valence-corrected chi connectivity index (χ2v) is 9.31. The molecule has 2 amide bonds. The zero-order valence-corrected chi connectivity index (χ0v) is 20.8. The highest BCUT2D eigenvalue weighted by Crippen LogP contribution is 2.30. The molecule has 35 heavy (non-hydrogen) atoms. The van der Waals surface area contributed by atoms with Gasteiger partial charge in [-0.2, -0.15) is 0 Å². The maximum absolute atomic E-state index is 12.5. The third-order valence-electron chi connectivity index (χ3n) is 5.89. The summed E-state index contributed by atoms with van der Waals surface area (Å²) in [5.74, 6) is 0.786. The zero-order chi connectivity index (χ0) is 24.9. The van der Waals surface area contributed by atoms with Gasteiger partial charge in [0.2, 0.25) is 0 Å². The first kappa shape index (κ1) is 24.9. The van der Waals surface area contributed by atoms with Gasteiger partial charge in [0.25, 0.3) is 0 Å². The van der Waals surface area contributed by atoms with Crippen molar-refractivity contribution in [2.24, 2.45) is 0 Å². The van der Waals surface area contributed by atoms with Crippen LogP contribution in [-0.2, 0) is 0 Å². The summed E-state index contributed by atoms with van der Waals surface area (Å²) in [4.78, 5) is 14.8. The molecule has 1 fully saturated rings. The number of carbonyl (C=O) groups excluding carboxylic acids is 1.